The molecule has 1 saturated heterocycles. The molecule has 7 heteroatoms. The summed E-state index contributed by atoms with van der Waals surface area (Å²) in [6, 6.07) is 0. The van der Waals surface area contributed by atoms with Crippen LogP contribution < -0.4 is 10.6 Å². The highest BCUT2D eigenvalue weighted by atomic mass is 32.2. The fraction of sp³-hybridized carbons (Fsp3) is 0.947. The van der Waals surface area contributed by atoms with Gasteiger partial charge in [0, 0.05) is 77.1 Å². The molecule has 152 valence electrons. The lowest BCUT2D eigenvalue weighted by Crippen LogP contribution is -2.57. The Bertz CT molecular complexity index is 409. The zero-order valence-corrected chi connectivity index (χ0v) is 17.9. The van der Waals surface area contributed by atoms with Crippen LogP contribution in [0.1, 0.15) is 32.1 Å². The van der Waals surface area contributed by atoms with Crippen LogP contribution in [0.15, 0.2) is 4.99 Å². The fourth-order valence-electron chi connectivity index (χ4n) is 4.10. The zero-order valence-electron chi connectivity index (χ0n) is 17.1. The summed E-state index contributed by atoms with van der Waals surface area (Å²) in [6.07, 6.45) is 6.46. The van der Waals surface area contributed by atoms with Crippen LogP contribution in [-0.2, 0) is 4.74 Å². The molecule has 1 aliphatic heterocycles. The van der Waals surface area contributed by atoms with E-state index in [1.807, 2.05) is 7.05 Å². The van der Waals surface area contributed by atoms with E-state index in [0.717, 1.165) is 45.2 Å². The molecule has 0 aromatic heterocycles. The van der Waals surface area contributed by atoms with Crippen molar-refractivity contribution in [3.05, 3.63) is 0 Å². The summed E-state index contributed by atoms with van der Waals surface area (Å²) in [6.45, 7) is 7.32. The molecule has 0 unspecified atom stereocenters. The summed E-state index contributed by atoms with van der Waals surface area (Å²) in [5.74, 6) is 3.50. The van der Waals surface area contributed by atoms with Crippen LogP contribution in [0.3, 0.4) is 0 Å². The van der Waals surface area contributed by atoms with Crippen molar-refractivity contribution >= 4 is 17.7 Å². The predicted molar refractivity (Wildman–Crippen MR) is 113 cm³/mol. The van der Waals surface area contributed by atoms with Gasteiger partial charge in [-0.2, -0.15) is 11.8 Å². The van der Waals surface area contributed by atoms with Gasteiger partial charge in [0.1, 0.15) is 0 Å². The Morgan fingerprint density at radius 3 is 2.58 bits per heavy atom. The summed E-state index contributed by atoms with van der Waals surface area (Å²) in [4.78, 5) is 9.52. The first kappa shape index (κ1) is 21.8. The van der Waals surface area contributed by atoms with Gasteiger partial charge in [0.05, 0.1) is 0 Å². The number of rotatable bonds is 10. The first-order valence-corrected chi connectivity index (χ1v) is 11.3. The average molecular weight is 386 g/mol. The van der Waals surface area contributed by atoms with Crippen molar-refractivity contribution in [2.75, 3.05) is 78.6 Å². The largest absolute Gasteiger partial charge is 0.385 e. The lowest BCUT2D eigenvalue weighted by Gasteiger charge is -2.43. The number of hydrogen-bond donors (Lipinski definition) is 2. The standard InChI is InChI=1S/C19H39N5OS/c1-20-18(21-9-11-23(2)10-6-14-25-3)22-17-19(7-4-5-8-19)24-12-15-26-16-13-24/h4-17H2,1-3H3,(H2,20,21,22). The monoisotopic (exact) mass is 385 g/mol. The van der Waals surface area contributed by atoms with Gasteiger partial charge in [-0.25, -0.2) is 0 Å². The summed E-state index contributed by atoms with van der Waals surface area (Å²) in [5, 5.41) is 7.11. The molecule has 1 saturated carbocycles. The smallest absolute Gasteiger partial charge is 0.191 e. The molecule has 0 aromatic rings. The van der Waals surface area contributed by atoms with Gasteiger partial charge in [-0.3, -0.25) is 9.89 Å². The summed E-state index contributed by atoms with van der Waals surface area (Å²) >= 11 is 2.10. The normalized spacial score (nSPS) is 21.3. The number of methoxy groups -OCH3 is 1. The van der Waals surface area contributed by atoms with Crippen LogP contribution in [0.4, 0.5) is 0 Å². The maximum absolute atomic E-state index is 5.12. The molecule has 0 spiro atoms. The maximum Gasteiger partial charge on any atom is 0.191 e. The van der Waals surface area contributed by atoms with E-state index >= 15 is 0 Å². The highest BCUT2D eigenvalue weighted by Crippen LogP contribution is 2.36. The maximum atomic E-state index is 5.12. The number of aliphatic imine (C=N–C) groups is 1. The van der Waals surface area contributed by atoms with E-state index in [2.05, 4.69) is 44.2 Å². The number of nitrogens with zero attached hydrogens (tertiary/aromatic N) is 3. The molecule has 2 fully saturated rings. The van der Waals surface area contributed by atoms with E-state index in [0.29, 0.717) is 5.54 Å². The Labute approximate surface area is 164 Å². The topological polar surface area (TPSA) is 52.1 Å². The van der Waals surface area contributed by atoms with E-state index in [-0.39, 0.29) is 0 Å². The van der Waals surface area contributed by atoms with Gasteiger partial charge >= 0.3 is 0 Å². The molecule has 1 aliphatic carbocycles. The Kier molecular flexibility index (Phi) is 10.1. The van der Waals surface area contributed by atoms with Gasteiger partial charge in [0.25, 0.3) is 0 Å². The lowest BCUT2D eigenvalue weighted by molar-refractivity contribution is 0.107. The van der Waals surface area contributed by atoms with Crippen molar-refractivity contribution in [1.29, 1.82) is 0 Å². The number of thioether (sulfide) groups is 1. The van der Waals surface area contributed by atoms with Crippen molar-refractivity contribution in [3.63, 3.8) is 0 Å². The van der Waals surface area contributed by atoms with Gasteiger partial charge in [0.2, 0.25) is 0 Å². The van der Waals surface area contributed by atoms with Crippen LogP contribution in [0.2, 0.25) is 0 Å². The molecule has 2 aliphatic rings. The molecule has 1 heterocycles. The molecule has 0 aromatic carbocycles. The molecule has 2 N–H and O–H groups in total. The van der Waals surface area contributed by atoms with Crippen molar-refractivity contribution in [1.82, 2.24) is 20.4 Å². The van der Waals surface area contributed by atoms with Crippen LogP contribution in [0.5, 0.6) is 0 Å². The Morgan fingerprint density at radius 1 is 1.19 bits per heavy atom. The van der Waals surface area contributed by atoms with Crippen LogP contribution >= 0.6 is 11.8 Å². The minimum Gasteiger partial charge on any atom is -0.385 e. The molecule has 0 atom stereocenters. The SMILES string of the molecule is CN=C(NCCN(C)CCCOC)NCC1(N2CCSCC2)CCCC1. The molecule has 2 rings (SSSR count). The van der Waals surface area contributed by atoms with E-state index in [1.165, 1.54) is 50.3 Å². The summed E-state index contributed by atoms with van der Waals surface area (Å²) in [5.41, 5.74) is 0.343. The molecular weight excluding hydrogens is 346 g/mol. The second-order valence-electron chi connectivity index (χ2n) is 7.53. The Hall–Kier alpha value is -0.500. The highest BCUT2D eigenvalue weighted by molar-refractivity contribution is 7.99. The van der Waals surface area contributed by atoms with Gasteiger partial charge in [-0.1, -0.05) is 12.8 Å². The summed E-state index contributed by atoms with van der Waals surface area (Å²) in [7, 11) is 5.79. The van der Waals surface area contributed by atoms with Crippen LogP contribution in [0, 0.1) is 0 Å². The number of nitrogens with one attached hydrogen (secondary N) is 2. The van der Waals surface area contributed by atoms with E-state index < -0.39 is 0 Å². The number of guanidine groups is 1. The van der Waals surface area contributed by atoms with Crippen LogP contribution in [0.25, 0.3) is 0 Å². The van der Waals surface area contributed by atoms with Crippen molar-refractivity contribution in [3.8, 4) is 0 Å². The van der Waals surface area contributed by atoms with Gasteiger partial charge in [-0.05, 0) is 26.3 Å². The van der Waals surface area contributed by atoms with Crippen molar-refractivity contribution in [2.45, 2.75) is 37.6 Å². The minimum atomic E-state index is 0.343. The lowest BCUT2D eigenvalue weighted by atomic mass is 9.94. The quantitative estimate of drug-likeness (QED) is 0.338. The first-order chi connectivity index (χ1) is 12.7. The van der Waals surface area contributed by atoms with E-state index in [4.69, 9.17) is 4.74 Å². The van der Waals surface area contributed by atoms with Gasteiger partial charge < -0.3 is 20.3 Å². The number of likely N-dealkylation sites (N-methyl/N-ethyl adjacent to an activating group) is 1. The third-order valence-electron chi connectivity index (χ3n) is 5.70. The second-order valence-corrected chi connectivity index (χ2v) is 8.76. The number of ether oxygens (including phenoxy) is 1. The third kappa shape index (κ3) is 6.91. The van der Waals surface area contributed by atoms with Crippen molar-refractivity contribution in [2.24, 2.45) is 4.99 Å². The zero-order chi connectivity index (χ0) is 18.7. The minimum absolute atomic E-state index is 0.343. The molecular formula is C19H39N5OS. The second kappa shape index (κ2) is 12.1. The van der Waals surface area contributed by atoms with Gasteiger partial charge in [0.15, 0.2) is 5.96 Å². The van der Waals surface area contributed by atoms with Crippen LogP contribution in [-0.4, -0.2) is 99.9 Å². The van der Waals surface area contributed by atoms with Crippen molar-refractivity contribution < 1.29 is 4.74 Å². The molecule has 0 radical (unpaired) electrons. The predicted octanol–water partition coefficient (Wildman–Crippen LogP) is 1.48. The third-order valence-corrected chi connectivity index (χ3v) is 6.64. The highest BCUT2D eigenvalue weighted by Gasteiger charge is 2.39. The van der Waals surface area contributed by atoms with E-state index in [1.54, 1.807) is 7.11 Å². The molecule has 6 nitrogen and oxygen atoms in total. The Morgan fingerprint density at radius 2 is 1.92 bits per heavy atom. The molecule has 0 amide bonds. The first-order valence-electron chi connectivity index (χ1n) is 10.1. The van der Waals surface area contributed by atoms with Gasteiger partial charge in [-0.15, -0.1) is 0 Å². The fourth-order valence-corrected chi connectivity index (χ4v) is 5.00. The average Bonchev–Trinajstić information content (AvgIpc) is 3.15. The summed E-state index contributed by atoms with van der Waals surface area (Å²) < 4.78 is 5.12. The number of hydrogen-bond acceptors (Lipinski definition) is 5. The van der Waals surface area contributed by atoms with E-state index in [9.17, 15) is 0 Å². The molecule has 0 bridgehead atoms. The molecule has 26 heavy (non-hydrogen) atoms. The Balaban J connectivity index is 1.72.